The van der Waals surface area contributed by atoms with E-state index >= 15 is 4.39 Å². The maximum Gasteiger partial charge on any atom is 0.283 e. The molecule has 0 aromatic heterocycles. The number of carbonyl (C=O) groups excluding carboxylic acids is 1. The first-order valence-electron chi connectivity index (χ1n) is 10.3. The molecular formula is C23H27F3N2O4S. The summed E-state index contributed by atoms with van der Waals surface area (Å²) in [6.45, 7) is 3.06. The number of amides is 1. The molecule has 180 valence electrons. The van der Waals surface area contributed by atoms with Crippen molar-refractivity contribution in [2.24, 2.45) is 0 Å². The second-order valence-electron chi connectivity index (χ2n) is 9.04. The van der Waals surface area contributed by atoms with Crippen LogP contribution < -0.4 is 4.72 Å². The molecule has 1 fully saturated rings. The number of rotatable bonds is 6. The molecular weight excluding hydrogens is 457 g/mol. The lowest BCUT2D eigenvalue weighted by atomic mass is 9.94. The summed E-state index contributed by atoms with van der Waals surface area (Å²) in [4.78, 5) is 13.5. The van der Waals surface area contributed by atoms with Crippen molar-refractivity contribution in [3.8, 4) is 11.1 Å². The highest BCUT2D eigenvalue weighted by atomic mass is 32.2. The van der Waals surface area contributed by atoms with Crippen molar-refractivity contribution in [2.75, 3.05) is 12.8 Å². The van der Waals surface area contributed by atoms with E-state index in [0.29, 0.717) is 5.56 Å². The maximum absolute atomic E-state index is 15.5. The van der Waals surface area contributed by atoms with Crippen molar-refractivity contribution in [1.82, 2.24) is 9.62 Å². The maximum atomic E-state index is 15.5. The summed E-state index contributed by atoms with van der Waals surface area (Å²) in [6.07, 6.45) is 0.357. The summed E-state index contributed by atoms with van der Waals surface area (Å²) < 4.78 is 70.8. The first-order chi connectivity index (χ1) is 15.1. The highest BCUT2D eigenvalue weighted by molar-refractivity contribution is 7.88. The standard InChI is InChI=1S/C23H27F3N2O4S/c1-14-7-5-8-15(11-14)17-10-6-9-16(19(17)24)12-18-20(27-33(4,31)32)23(25,26)13-28(18)21(29)22(2,3)30/h5-11,18,20,27,30H,12-13H2,1-4H3/t18-,20+/m0/s1. The van der Waals surface area contributed by atoms with Crippen LogP contribution in [0.5, 0.6) is 0 Å². The normalized spacial score (nSPS) is 20.8. The third-order valence-corrected chi connectivity index (χ3v) is 6.27. The molecule has 1 aliphatic heterocycles. The van der Waals surface area contributed by atoms with E-state index in [1.165, 1.54) is 6.07 Å². The molecule has 0 aliphatic carbocycles. The molecule has 2 aromatic carbocycles. The second kappa shape index (κ2) is 8.73. The Kier molecular flexibility index (Phi) is 6.67. The van der Waals surface area contributed by atoms with Crippen LogP contribution in [0.1, 0.15) is 25.0 Å². The van der Waals surface area contributed by atoms with Gasteiger partial charge in [-0.05, 0) is 38.3 Å². The van der Waals surface area contributed by atoms with Gasteiger partial charge in [0.2, 0.25) is 10.0 Å². The lowest BCUT2D eigenvalue weighted by Gasteiger charge is -2.31. The van der Waals surface area contributed by atoms with Crippen LogP contribution in [-0.2, 0) is 21.2 Å². The van der Waals surface area contributed by atoms with E-state index < -0.39 is 51.9 Å². The van der Waals surface area contributed by atoms with E-state index in [1.54, 1.807) is 30.3 Å². The van der Waals surface area contributed by atoms with Gasteiger partial charge in [-0.25, -0.2) is 26.3 Å². The molecule has 2 aromatic rings. The zero-order chi connectivity index (χ0) is 24.8. The lowest BCUT2D eigenvalue weighted by Crippen LogP contribution is -2.54. The SMILES string of the molecule is Cc1cccc(-c2cccc(C[C@H]3[C@@H](NS(C)(=O)=O)C(F)(F)CN3C(=O)C(C)(C)O)c2F)c1. The molecule has 6 nitrogen and oxygen atoms in total. The second-order valence-corrected chi connectivity index (χ2v) is 10.8. The first kappa shape index (κ1) is 25.2. The average Bonchev–Trinajstić information content (AvgIpc) is 2.91. The van der Waals surface area contributed by atoms with Gasteiger partial charge in [0.15, 0.2) is 0 Å². The molecule has 0 bridgehead atoms. The van der Waals surface area contributed by atoms with Gasteiger partial charge >= 0.3 is 0 Å². The number of aliphatic hydroxyl groups is 1. The van der Waals surface area contributed by atoms with E-state index in [-0.39, 0.29) is 17.5 Å². The third-order valence-electron chi connectivity index (χ3n) is 5.58. The number of nitrogens with one attached hydrogen (secondary N) is 1. The molecule has 0 spiro atoms. The number of nitrogens with zero attached hydrogens (tertiary/aromatic N) is 1. The van der Waals surface area contributed by atoms with Gasteiger partial charge in [-0.3, -0.25) is 4.79 Å². The van der Waals surface area contributed by atoms with E-state index in [2.05, 4.69) is 0 Å². The van der Waals surface area contributed by atoms with Crippen molar-refractivity contribution in [3.63, 3.8) is 0 Å². The van der Waals surface area contributed by atoms with E-state index in [4.69, 9.17) is 0 Å². The molecule has 3 rings (SSSR count). The number of sulfonamides is 1. The number of carbonyl (C=O) groups is 1. The van der Waals surface area contributed by atoms with Gasteiger partial charge in [-0.1, -0.05) is 48.0 Å². The lowest BCUT2D eigenvalue weighted by molar-refractivity contribution is -0.149. The quantitative estimate of drug-likeness (QED) is 0.660. The Balaban J connectivity index is 2.06. The van der Waals surface area contributed by atoms with Crippen molar-refractivity contribution in [2.45, 2.75) is 50.8 Å². The Morgan fingerprint density at radius 3 is 2.45 bits per heavy atom. The monoisotopic (exact) mass is 484 g/mol. The summed E-state index contributed by atoms with van der Waals surface area (Å²) in [7, 11) is -4.08. The van der Waals surface area contributed by atoms with Crippen LogP contribution in [0.2, 0.25) is 0 Å². The van der Waals surface area contributed by atoms with E-state index in [9.17, 15) is 27.1 Å². The number of likely N-dealkylation sites (tertiary alicyclic amines) is 1. The minimum absolute atomic E-state index is 0.0468. The molecule has 0 saturated carbocycles. The predicted octanol–water partition coefficient (Wildman–Crippen LogP) is 2.88. The number of alkyl halides is 2. The minimum atomic E-state index is -4.08. The fraction of sp³-hybridized carbons (Fsp3) is 0.435. The zero-order valence-electron chi connectivity index (χ0n) is 18.8. The van der Waals surface area contributed by atoms with Crippen molar-refractivity contribution < 1.29 is 31.5 Å². The van der Waals surface area contributed by atoms with Gasteiger partial charge in [0.1, 0.15) is 17.5 Å². The van der Waals surface area contributed by atoms with Crippen LogP contribution in [-0.4, -0.2) is 60.7 Å². The van der Waals surface area contributed by atoms with Gasteiger partial charge in [0.05, 0.1) is 18.8 Å². The Labute approximate surface area is 191 Å². The number of hydrogen-bond acceptors (Lipinski definition) is 4. The molecule has 1 heterocycles. The summed E-state index contributed by atoms with van der Waals surface area (Å²) in [5, 5.41) is 10.1. The van der Waals surface area contributed by atoms with Crippen LogP contribution >= 0.6 is 0 Å². The molecule has 1 aliphatic rings. The van der Waals surface area contributed by atoms with E-state index in [1.807, 2.05) is 17.7 Å². The highest BCUT2D eigenvalue weighted by Crippen LogP contribution is 2.37. The van der Waals surface area contributed by atoms with Gasteiger partial charge in [0.25, 0.3) is 11.8 Å². The van der Waals surface area contributed by atoms with Crippen LogP contribution in [0.3, 0.4) is 0 Å². The topological polar surface area (TPSA) is 86.7 Å². The Morgan fingerprint density at radius 2 is 1.88 bits per heavy atom. The highest BCUT2D eigenvalue weighted by Gasteiger charge is 2.58. The summed E-state index contributed by atoms with van der Waals surface area (Å²) in [5.41, 5.74) is -0.163. The molecule has 1 saturated heterocycles. The Bertz CT molecular complexity index is 1160. The molecule has 0 unspecified atom stereocenters. The van der Waals surface area contributed by atoms with Crippen molar-refractivity contribution >= 4 is 15.9 Å². The Morgan fingerprint density at radius 1 is 1.24 bits per heavy atom. The summed E-state index contributed by atoms with van der Waals surface area (Å²) in [6, 6.07) is 8.26. The zero-order valence-corrected chi connectivity index (χ0v) is 19.6. The summed E-state index contributed by atoms with van der Waals surface area (Å²) in [5.74, 6) is -5.27. The van der Waals surface area contributed by atoms with Gasteiger partial charge in [-0.15, -0.1) is 0 Å². The predicted molar refractivity (Wildman–Crippen MR) is 119 cm³/mol. The average molecular weight is 485 g/mol. The molecule has 1 amide bonds. The van der Waals surface area contributed by atoms with E-state index in [0.717, 1.165) is 30.6 Å². The number of halogens is 3. The molecule has 0 radical (unpaired) electrons. The Hall–Kier alpha value is -2.43. The molecule has 10 heteroatoms. The number of benzene rings is 2. The van der Waals surface area contributed by atoms with Crippen molar-refractivity contribution in [1.29, 1.82) is 0 Å². The number of hydrogen-bond donors (Lipinski definition) is 2. The number of aryl methyl sites for hydroxylation is 1. The fourth-order valence-corrected chi connectivity index (χ4v) is 4.89. The van der Waals surface area contributed by atoms with Crippen LogP contribution in [0.15, 0.2) is 42.5 Å². The first-order valence-corrected chi connectivity index (χ1v) is 12.2. The smallest absolute Gasteiger partial charge is 0.283 e. The van der Waals surface area contributed by atoms with Crippen molar-refractivity contribution in [3.05, 3.63) is 59.4 Å². The molecule has 2 atom stereocenters. The van der Waals surface area contributed by atoms with Gasteiger partial charge < -0.3 is 10.0 Å². The van der Waals surface area contributed by atoms with Crippen LogP contribution in [0, 0.1) is 12.7 Å². The van der Waals surface area contributed by atoms with Gasteiger partial charge in [0, 0.05) is 5.56 Å². The van der Waals surface area contributed by atoms with Crippen LogP contribution in [0.25, 0.3) is 11.1 Å². The third kappa shape index (κ3) is 5.56. The fourth-order valence-electron chi connectivity index (χ4n) is 4.10. The molecule has 33 heavy (non-hydrogen) atoms. The molecule has 2 N–H and O–H groups in total. The van der Waals surface area contributed by atoms with Gasteiger partial charge in [-0.2, -0.15) is 0 Å². The minimum Gasteiger partial charge on any atom is -0.381 e. The largest absolute Gasteiger partial charge is 0.381 e. The summed E-state index contributed by atoms with van der Waals surface area (Å²) >= 11 is 0. The van der Waals surface area contributed by atoms with Crippen LogP contribution in [0.4, 0.5) is 13.2 Å².